The summed E-state index contributed by atoms with van der Waals surface area (Å²) in [4.78, 5) is 69.8. The summed E-state index contributed by atoms with van der Waals surface area (Å²) in [5, 5.41) is 56.5. The fourth-order valence-corrected chi connectivity index (χ4v) is 10.1. The number of nitrogens with zero attached hydrogens (tertiary/aromatic N) is 2. The first-order valence-corrected chi connectivity index (χ1v) is 24.7. The molecule has 0 bridgehead atoms. The van der Waals surface area contributed by atoms with Crippen molar-refractivity contribution in [2.24, 2.45) is 0 Å². The minimum absolute atomic E-state index is 0.00897. The van der Waals surface area contributed by atoms with Crippen molar-refractivity contribution < 1.29 is 63.7 Å². The van der Waals surface area contributed by atoms with Crippen LogP contribution in [0.3, 0.4) is 0 Å². The Morgan fingerprint density at radius 2 is 1.22 bits per heavy atom. The maximum Gasteiger partial charge on any atom is 0.410 e. The molecule has 2 aliphatic rings. The first kappa shape index (κ1) is 50.1. The minimum Gasteiger partial charge on any atom is -0.507 e. The van der Waals surface area contributed by atoms with Gasteiger partial charge in [0.1, 0.15) is 31.3 Å². The lowest BCUT2D eigenvalue weighted by Crippen LogP contribution is -2.38. The van der Waals surface area contributed by atoms with E-state index in [1.807, 2.05) is 73.0 Å². The van der Waals surface area contributed by atoms with Crippen LogP contribution in [0.5, 0.6) is 11.5 Å². The summed E-state index contributed by atoms with van der Waals surface area (Å²) in [5.41, 5.74) is 5.24. The van der Waals surface area contributed by atoms with Crippen LogP contribution in [0.1, 0.15) is 60.0 Å². The molecule has 69 heavy (non-hydrogen) atoms. The van der Waals surface area contributed by atoms with E-state index in [9.17, 15) is 44.4 Å². The average Bonchev–Trinajstić information content (AvgIpc) is 3.67. The van der Waals surface area contributed by atoms with E-state index < -0.39 is 47.8 Å². The van der Waals surface area contributed by atoms with Crippen LogP contribution in [0.4, 0.5) is 21.0 Å². The average molecular weight is 981 g/mol. The molecular formula is C50H52N4O13S2. The number of aromatic hydroxyl groups is 2. The predicted molar refractivity (Wildman–Crippen MR) is 261 cm³/mol. The standard InChI is InChI=1S/C50H52N4O13S2/c1-68-69-41-15-10-30(26-31(41)16-25-65-29-42(59)60)27-66-49(63)53(21-23-55)19-17-51-37-11-12-38(44-43(37)47(61)45-39(57)13-14-40(58)46(45)48(44)62)52-18-20-54(22-24-56)50(64)67-28-36-34-8-4-2-6-32(34)33-7-3-5-9-35(33)36/h2-15,26,36,51-52,55-58H,16-25,27-29H2,1H3,(H,59,60). The number of aliphatic hydroxyl groups excluding tert-OH is 2. The highest BCUT2D eigenvalue weighted by atomic mass is 33.1. The maximum atomic E-state index is 14.3. The third kappa shape index (κ3) is 11.6. The normalized spacial score (nSPS) is 12.4. The van der Waals surface area contributed by atoms with Crippen molar-refractivity contribution in [3.63, 3.8) is 0 Å². The summed E-state index contributed by atoms with van der Waals surface area (Å²) in [5.74, 6) is -3.75. The van der Waals surface area contributed by atoms with Gasteiger partial charge in [-0.25, -0.2) is 14.4 Å². The first-order valence-electron chi connectivity index (χ1n) is 22.1. The smallest absolute Gasteiger partial charge is 0.410 e. The van der Waals surface area contributed by atoms with Crippen LogP contribution in [-0.4, -0.2) is 144 Å². The van der Waals surface area contributed by atoms with Crippen LogP contribution in [-0.2, 0) is 32.0 Å². The molecule has 0 fully saturated rings. The van der Waals surface area contributed by atoms with E-state index in [1.165, 1.54) is 20.6 Å². The van der Waals surface area contributed by atoms with E-state index in [-0.39, 0.29) is 112 Å². The van der Waals surface area contributed by atoms with E-state index in [0.717, 1.165) is 44.8 Å². The van der Waals surface area contributed by atoms with Crippen molar-refractivity contribution in [2.75, 3.05) is 89.2 Å². The van der Waals surface area contributed by atoms with Crippen LogP contribution < -0.4 is 10.6 Å². The molecule has 0 atom stereocenters. The van der Waals surface area contributed by atoms with Crippen LogP contribution in [0.2, 0.25) is 0 Å². The number of rotatable bonds is 23. The molecule has 7 rings (SSSR count). The molecule has 0 heterocycles. The molecule has 19 heteroatoms. The minimum atomic E-state index is -1.07. The summed E-state index contributed by atoms with van der Waals surface area (Å²) in [6.45, 7) is -1.03. The molecular weight excluding hydrogens is 929 g/mol. The van der Waals surface area contributed by atoms with E-state index in [0.29, 0.717) is 12.0 Å². The van der Waals surface area contributed by atoms with Crippen molar-refractivity contribution in [1.29, 1.82) is 0 Å². The number of carboxylic acid groups (broad SMARTS) is 1. The first-order chi connectivity index (χ1) is 33.4. The van der Waals surface area contributed by atoms with Gasteiger partial charge < -0.3 is 60.2 Å². The molecule has 0 aromatic heterocycles. The predicted octanol–water partition coefficient (Wildman–Crippen LogP) is 6.59. The number of aliphatic hydroxyl groups is 2. The van der Waals surface area contributed by atoms with Crippen molar-refractivity contribution in [2.45, 2.75) is 23.8 Å². The van der Waals surface area contributed by atoms with Gasteiger partial charge in [-0.15, -0.1) is 0 Å². The Hall–Kier alpha value is -6.77. The van der Waals surface area contributed by atoms with Gasteiger partial charge in [0.25, 0.3) is 0 Å². The molecule has 5 aromatic rings. The number of phenols is 2. The number of phenolic OH excluding ortho intramolecular Hbond substituents is 2. The highest BCUT2D eigenvalue weighted by molar-refractivity contribution is 8.76. The molecule has 17 nitrogen and oxygen atoms in total. The second-order valence-electron chi connectivity index (χ2n) is 15.9. The van der Waals surface area contributed by atoms with E-state index in [1.54, 1.807) is 22.9 Å². The number of fused-ring (bicyclic) bond motifs is 5. The number of carbonyl (C=O) groups is 5. The molecule has 0 saturated carbocycles. The van der Waals surface area contributed by atoms with Crippen molar-refractivity contribution in [3.05, 3.63) is 136 Å². The van der Waals surface area contributed by atoms with Crippen LogP contribution in [0, 0.1) is 0 Å². The number of carboxylic acids is 1. The number of nitrogens with one attached hydrogen (secondary N) is 2. The number of ketones is 2. The zero-order valence-electron chi connectivity index (χ0n) is 37.6. The van der Waals surface area contributed by atoms with Gasteiger partial charge in [-0.1, -0.05) is 82.3 Å². The summed E-state index contributed by atoms with van der Waals surface area (Å²) in [6.07, 6.45) is 0.989. The van der Waals surface area contributed by atoms with Crippen molar-refractivity contribution in [3.8, 4) is 22.6 Å². The summed E-state index contributed by atoms with van der Waals surface area (Å²) in [7, 11) is 3.08. The van der Waals surface area contributed by atoms with E-state index >= 15 is 0 Å². The van der Waals surface area contributed by atoms with Crippen LogP contribution in [0.15, 0.2) is 95.9 Å². The fraction of sp³-hybridized carbons (Fsp3) is 0.300. The topological polar surface area (TPSA) is 245 Å². The number of anilines is 2. The Balaban J connectivity index is 1.03. The van der Waals surface area contributed by atoms with Crippen molar-refractivity contribution in [1.82, 2.24) is 9.80 Å². The number of ether oxygens (including phenoxy) is 3. The number of aliphatic carboxylic acids is 1. The third-order valence-corrected chi connectivity index (χ3v) is 13.4. The Morgan fingerprint density at radius 3 is 1.74 bits per heavy atom. The highest BCUT2D eigenvalue weighted by Crippen LogP contribution is 2.45. The molecule has 2 amide bonds. The Bertz CT molecular complexity index is 2670. The maximum absolute atomic E-state index is 14.3. The zero-order chi connectivity index (χ0) is 49.0. The number of amides is 2. The van der Waals surface area contributed by atoms with Gasteiger partial charge >= 0.3 is 18.2 Å². The van der Waals surface area contributed by atoms with Gasteiger partial charge in [0.15, 0.2) is 0 Å². The summed E-state index contributed by atoms with van der Waals surface area (Å²) < 4.78 is 16.7. The second-order valence-corrected chi connectivity index (χ2v) is 18.4. The zero-order valence-corrected chi connectivity index (χ0v) is 39.3. The number of carbonyl (C=O) groups excluding carboxylic acids is 4. The van der Waals surface area contributed by atoms with Gasteiger partial charge in [-0.05, 0) is 76.4 Å². The molecule has 0 unspecified atom stereocenters. The van der Waals surface area contributed by atoms with Gasteiger partial charge in [0.05, 0.1) is 42.1 Å². The largest absolute Gasteiger partial charge is 0.507 e. The lowest BCUT2D eigenvalue weighted by atomic mass is 9.81. The fourth-order valence-electron chi connectivity index (χ4n) is 8.49. The second kappa shape index (κ2) is 23.5. The summed E-state index contributed by atoms with van der Waals surface area (Å²) in [6, 6.07) is 26.8. The van der Waals surface area contributed by atoms with Gasteiger partial charge in [0, 0.05) is 61.5 Å². The lowest BCUT2D eigenvalue weighted by Gasteiger charge is -2.27. The van der Waals surface area contributed by atoms with Gasteiger partial charge in [-0.2, -0.15) is 0 Å². The number of hydrogen-bond donors (Lipinski definition) is 7. The Morgan fingerprint density at radius 1 is 0.681 bits per heavy atom. The molecule has 362 valence electrons. The lowest BCUT2D eigenvalue weighted by molar-refractivity contribution is -0.142. The van der Waals surface area contributed by atoms with E-state index in [2.05, 4.69) is 10.6 Å². The highest BCUT2D eigenvalue weighted by Gasteiger charge is 2.38. The van der Waals surface area contributed by atoms with Crippen LogP contribution >= 0.6 is 21.6 Å². The Labute approximate surface area is 405 Å². The molecule has 0 radical (unpaired) electrons. The molecule has 0 saturated heterocycles. The van der Waals surface area contributed by atoms with Gasteiger partial charge in [0.2, 0.25) is 11.6 Å². The molecule has 0 spiro atoms. The van der Waals surface area contributed by atoms with E-state index in [4.69, 9.17) is 19.3 Å². The summed E-state index contributed by atoms with van der Waals surface area (Å²) >= 11 is 0. The van der Waals surface area contributed by atoms with Gasteiger partial charge in [-0.3, -0.25) is 9.59 Å². The quantitative estimate of drug-likeness (QED) is 0.0203. The molecule has 0 aliphatic heterocycles. The number of benzene rings is 5. The monoisotopic (exact) mass is 980 g/mol. The molecule has 7 N–H and O–H groups in total. The molecule has 5 aromatic carbocycles. The number of hydrogen-bond acceptors (Lipinski definition) is 16. The van der Waals surface area contributed by atoms with Crippen LogP contribution in [0.25, 0.3) is 11.1 Å². The Kier molecular flexibility index (Phi) is 17.1. The molecule has 2 aliphatic carbocycles. The SMILES string of the molecule is CSSc1ccc(COC(=O)N(CCO)CCNc2ccc(NCCN(CCO)C(=O)OCC3c4ccccc4-c4ccccc43)c3c2C(=O)c2c(O)ccc(O)c2C3=O)cc1CCOCC(=O)O. The van der Waals surface area contributed by atoms with Crippen molar-refractivity contribution >= 4 is 62.7 Å². The third-order valence-electron chi connectivity index (χ3n) is 11.7.